The van der Waals surface area contributed by atoms with Gasteiger partial charge in [-0.25, -0.2) is 19.0 Å². The Kier molecular flexibility index (Phi) is 6.84. The second kappa shape index (κ2) is 9.61. The minimum atomic E-state index is -5.06. The van der Waals surface area contributed by atoms with Gasteiger partial charge in [-0.05, 0) is 35.1 Å². The lowest BCUT2D eigenvalue weighted by atomic mass is 9.93. The van der Waals surface area contributed by atoms with Crippen LogP contribution in [0.15, 0.2) is 53.6 Å². The van der Waals surface area contributed by atoms with Crippen LogP contribution in [0.25, 0.3) is 0 Å². The summed E-state index contributed by atoms with van der Waals surface area (Å²) < 4.78 is 57.2. The number of halogens is 2. The van der Waals surface area contributed by atoms with Crippen LogP contribution in [0.3, 0.4) is 0 Å². The van der Waals surface area contributed by atoms with E-state index in [2.05, 4.69) is 4.98 Å². The van der Waals surface area contributed by atoms with E-state index in [-0.39, 0.29) is 40.1 Å². The molecule has 1 aliphatic rings. The van der Waals surface area contributed by atoms with Crippen LogP contribution in [-0.4, -0.2) is 46.2 Å². The molecule has 2 aromatic carbocycles. The fourth-order valence-electron chi connectivity index (χ4n) is 4.40. The first-order chi connectivity index (χ1) is 17.6. The third kappa shape index (κ3) is 3.79. The van der Waals surface area contributed by atoms with E-state index in [4.69, 9.17) is 31.5 Å². The summed E-state index contributed by atoms with van der Waals surface area (Å²) in [6.45, 7) is 1.87. The number of aromatic nitrogens is 1. The van der Waals surface area contributed by atoms with E-state index in [1.54, 1.807) is 6.92 Å². The highest BCUT2D eigenvalue weighted by Gasteiger charge is 2.67. The highest BCUT2D eigenvalue weighted by molar-refractivity contribution is 7.92. The van der Waals surface area contributed by atoms with Gasteiger partial charge in [0.25, 0.3) is 0 Å². The van der Waals surface area contributed by atoms with Crippen LogP contribution in [0.1, 0.15) is 24.0 Å². The lowest BCUT2D eigenvalue weighted by Gasteiger charge is -2.27. The van der Waals surface area contributed by atoms with Crippen LogP contribution >= 0.6 is 11.6 Å². The van der Waals surface area contributed by atoms with E-state index in [0.717, 1.165) is 18.2 Å². The molecule has 0 fully saturated rings. The van der Waals surface area contributed by atoms with Crippen LogP contribution in [0, 0.1) is 5.82 Å². The minimum absolute atomic E-state index is 0.0265. The molecule has 3 amide bonds. The van der Waals surface area contributed by atoms with Crippen molar-refractivity contribution in [2.45, 2.75) is 17.7 Å². The van der Waals surface area contributed by atoms with E-state index >= 15 is 0 Å². The number of urea groups is 1. The zero-order valence-corrected chi connectivity index (χ0v) is 21.5. The summed E-state index contributed by atoms with van der Waals surface area (Å²) in [6.07, 6.45) is 1.42. The van der Waals surface area contributed by atoms with Crippen LogP contribution < -0.4 is 23.8 Å². The zero-order valence-electron chi connectivity index (χ0n) is 19.9. The molecule has 13 heteroatoms. The molecule has 2 unspecified atom stereocenters. The number of fused-ring (bicyclic) bond motifs is 1. The maximum absolute atomic E-state index is 14.8. The molecule has 0 bridgehead atoms. The summed E-state index contributed by atoms with van der Waals surface area (Å²) >= 11 is 6.04. The molecule has 0 spiro atoms. The Morgan fingerprint density at radius 3 is 2.51 bits per heavy atom. The summed E-state index contributed by atoms with van der Waals surface area (Å²) in [4.78, 5) is 31.0. The number of amides is 3. The smallest absolute Gasteiger partial charge is 0.442 e. The van der Waals surface area contributed by atoms with Gasteiger partial charge < -0.3 is 19.9 Å². The summed E-state index contributed by atoms with van der Waals surface area (Å²) in [6, 6.07) is 6.93. The van der Waals surface area contributed by atoms with E-state index in [1.165, 1.54) is 44.7 Å². The zero-order chi connectivity index (χ0) is 27.1. The summed E-state index contributed by atoms with van der Waals surface area (Å²) in [5.41, 5.74) is 5.30. The van der Waals surface area contributed by atoms with Crippen molar-refractivity contribution in [3.05, 3.63) is 70.6 Å². The van der Waals surface area contributed by atoms with E-state index in [1.807, 2.05) is 0 Å². The van der Waals surface area contributed by atoms with Crippen molar-refractivity contribution in [3.8, 4) is 17.4 Å². The van der Waals surface area contributed by atoms with E-state index in [0.29, 0.717) is 0 Å². The predicted octanol–water partition coefficient (Wildman–Crippen LogP) is 3.74. The normalized spacial score (nSPS) is 18.8. The largest absolute Gasteiger partial charge is 0.497 e. The second-order valence-electron chi connectivity index (χ2n) is 7.87. The molecule has 0 saturated carbocycles. The number of carbonyl (C=O) groups is 2. The fourth-order valence-corrected chi connectivity index (χ4v) is 6.50. The minimum Gasteiger partial charge on any atom is -0.497 e. The van der Waals surface area contributed by atoms with Crippen molar-refractivity contribution in [2.75, 3.05) is 20.8 Å². The third-order valence-corrected chi connectivity index (χ3v) is 8.45. The van der Waals surface area contributed by atoms with Gasteiger partial charge in [0.1, 0.15) is 23.2 Å². The average Bonchev–Trinajstić information content (AvgIpc) is 3.12. The molecular weight excluding hydrogens is 529 g/mol. The first-order valence-electron chi connectivity index (χ1n) is 10.8. The molecule has 0 radical (unpaired) electrons. The Morgan fingerprint density at radius 1 is 1.16 bits per heavy atom. The van der Waals surface area contributed by atoms with Gasteiger partial charge in [-0.2, -0.15) is 8.42 Å². The number of benzene rings is 2. The average molecular weight is 551 g/mol. The molecule has 0 aliphatic carbocycles. The molecular formula is C24H22ClFN3O7S+. The number of methoxy groups -OCH3 is 2. The lowest BCUT2D eigenvalue weighted by molar-refractivity contribution is -0.123. The predicted molar refractivity (Wildman–Crippen MR) is 132 cm³/mol. The summed E-state index contributed by atoms with van der Waals surface area (Å²) in [5.74, 6) is -3.61. The van der Waals surface area contributed by atoms with Gasteiger partial charge in [-0.1, -0.05) is 17.7 Å². The van der Waals surface area contributed by atoms with E-state index in [9.17, 15) is 22.4 Å². The van der Waals surface area contributed by atoms with Gasteiger partial charge in [0.05, 0.1) is 25.8 Å². The molecule has 10 nitrogen and oxygen atoms in total. The Morgan fingerprint density at radius 2 is 1.89 bits per heavy atom. The number of hydrogen-bond acceptors (Lipinski definition) is 8. The first-order valence-corrected chi connectivity index (χ1v) is 12.7. The van der Waals surface area contributed by atoms with Crippen molar-refractivity contribution < 1.29 is 36.6 Å². The maximum atomic E-state index is 14.8. The number of ether oxygens (including phenoxy) is 3. The number of nitrogens with zero attached hydrogens (tertiary/aromatic N) is 2. The fraction of sp³-hybridized carbons (Fsp3) is 0.208. The SMILES string of the molecule is CCOc1ncccc1C1C(=O)[N+](C(N)=O)(S(=O)(=O)c2ccc(OC)cc2OC)c2cc(F)c(Cl)cc21. The molecule has 4 rings (SSSR count). The number of nitrogens with two attached hydrogens (primary N) is 1. The highest BCUT2D eigenvalue weighted by Crippen LogP contribution is 2.52. The molecule has 37 heavy (non-hydrogen) atoms. The first kappa shape index (κ1) is 26.3. The number of rotatable bonds is 7. The van der Waals surface area contributed by atoms with Crippen LogP contribution in [0.5, 0.6) is 17.4 Å². The molecule has 194 valence electrons. The number of pyridine rings is 1. The van der Waals surface area contributed by atoms with Gasteiger partial charge in [-0.3, -0.25) is 0 Å². The van der Waals surface area contributed by atoms with Crippen LogP contribution in [0.2, 0.25) is 5.02 Å². The number of quaternary nitrogens is 1. The van der Waals surface area contributed by atoms with Crippen molar-refractivity contribution in [3.63, 3.8) is 0 Å². The number of primary amides is 1. The van der Waals surface area contributed by atoms with Crippen molar-refractivity contribution in [2.24, 2.45) is 5.73 Å². The molecule has 3 aromatic rings. The third-order valence-electron chi connectivity index (χ3n) is 5.99. The van der Waals surface area contributed by atoms with Crippen LogP contribution in [-0.2, 0) is 14.8 Å². The van der Waals surface area contributed by atoms with Gasteiger partial charge in [0.2, 0.25) is 5.88 Å². The number of hydrogen-bond donors (Lipinski definition) is 1. The van der Waals surface area contributed by atoms with Gasteiger partial charge in [-0.15, -0.1) is 0 Å². The number of sulfonamides is 1. The van der Waals surface area contributed by atoms with Crippen molar-refractivity contribution in [1.29, 1.82) is 0 Å². The van der Waals surface area contributed by atoms with Gasteiger partial charge >= 0.3 is 22.0 Å². The monoisotopic (exact) mass is 550 g/mol. The molecule has 2 atom stereocenters. The Labute approximate surface area is 217 Å². The van der Waals surface area contributed by atoms with Gasteiger partial charge in [0, 0.05) is 29.5 Å². The summed E-state index contributed by atoms with van der Waals surface area (Å²) in [7, 11) is -2.50. The Balaban J connectivity index is 2.11. The standard InChI is InChI=1S/C24H21ClFN3O7S/c1-4-36-22-14(6-5-9-28-22)21-15-11-16(25)17(26)12-18(15)29(23(21)30,24(27)31)37(32,33)20-8-7-13(34-2)10-19(20)35-3/h5-12,21H,4H2,1-3H3,(H-,27,31)/p+1. The molecule has 2 heterocycles. The number of imide groups is 1. The second-order valence-corrected chi connectivity index (χ2v) is 10.2. The lowest BCUT2D eigenvalue weighted by Crippen LogP contribution is -2.63. The van der Waals surface area contributed by atoms with Crippen molar-refractivity contribution in [1.82, 2.24) is 8.87 Å². The van der Waals surface area contributed by atoms with Gasteiger partial charge in [0.15, 0.2) is 10.6 Å². The molecule has 1 aromatic heterocycles. The van der Waals surface area contributed by atoms with Crippen LogP contribution in [0.4, 0.5) is 14.9 Å². The summed E-state index contributed by atoms with van der Waals surface area (Å²) in [5, 5.41) is -0.387. The van der Waals surface area contributed by atoms with E-state index < -0.39 is 48.2 Å². The molecule has 1 aliphatic heterocycles. The molecule has 0 saturated heterocycles. The maximum Gasteiger partial charge on any atom is 0.442 e. The highest BCUT2D eigenvalue weighted by atomic mass is 35.5. The van der Waals surface area contributed by atoms with Crippen molar-refractivity contribution >= 4 is 39.2 Å². The quantitative estimate of drug-likeness (QED) is 0.440. The Hall–Kier alpha value is -3.74. The Bertz CT molecular complexity index is 1530. The topological polar surface area (TPSA) is 135 Å². The molecule has 2 N–H and O–H groups in total. The number of carbonyl (C=O) groups excluding carboxylic acids is 2.